The highest BCUT2D eigenvalue weighted by Gasteiger charge is 2.24. The number of amides is 2. The Morgan fingerprint density at radius 1 is 1.15 bits per heavy atom. The average Bonchev–Trinajstić information content (AvgIpc) is 3.01. The predicted octanol–water partition coefficient (Wildman–Crippen LogP) is 3.93. The van der Waals surface area contributed by atoms with Crippen LogP contribution >= 0.6 is 0 Å². The molecule has 0 radical (unpaired) electrons. The van der Waals surface area contributed by atoms with Crippen LogP contribution in [0.4, 0.5) is 4.79 Å². The second-order valence-corrected chi connectivity index (χ2v) is 7.45. The van der Waals surface area contributed by atoms with E-state index in [0.717, 1.165) is 22.4 Å². The molecular weight excluding hydrogens is 328 g/mol. The second-order valence-electron chi connectivity index (χ2n) is 7.45. The zero-order valence-corrected chi connectivity index (χ0v) is 15.5. The van der Waals surface area contributed by atoms with Gasteiger partial charge in [0.25, 0.3) is 0 Å². The highest BCUT2D eigenvalue weighted by Crippen LogP contribution is 2.31. The molecule has 0 saturated heterocycles. The number of ether oxygens (including phenoxy) is 2. The predicted molar refractivity (Wildman–Crippen MR) is 101 cm³/mol. The van der Waals surface area contributed by atoms with Gasteiger partial charge in [-0.05, 0) is 38.0 Å². The molecule has 0 aromatic heterocycles. The fourth-order valence-electron chi connectivity index (χ4n) is 2.80. The van der Waals surface area contributed by atoms with E-state index in [1.165, 1.54) is 0 Å². The molecule has 2 amide bonds. The SMILES string of the molecule is CC(C)(C)OCc1cccc(CNC(=O)NC2COc3ccccc32)c1. The molecule has 0 fully saturated rings. The van der Waals surface area contributed by atoms with Crippen LogP contribution in [-0.2, 0) is 17.9 Å². The van der Waals surface area contributed by atoms with E-state index in [0.29, 0.717) is 19.8 Å². The maximum atomic E-state index is 12.2. The average molecular weight is 354 g/mol. The molecule has 26 heavy (non-hydrogen) atoms. The molecule has 138 valence electrons. The van der Waals surface area contributed by atoms with E-state index in [2.05, 4.69) is 16.7 Å². The number of nitrogens with one attached hydrogen (secondary N) is 2. The van der Waals surface area contributed by atoms with E-state index in [9.17, 15) is 4.79 Å². The lowest BCUT2D eigenvalue weighted by atomic mass is 10.1. The van der Waals surface area contributed by atoms with Crippen LogP contribution in [0.15, 0.2) is 48.5 Å². The minimum Gasteiger partial charge on any atom is -0.491 e. The highest BCUT2D eigenvalue weighted by molar-refractivity contribution is 5.74. The first-order valence-corrected chi connectivity index (χ1v) is 8.88. The van der Waals surface area contributed by atoms with Crippen molar-refractivity contribution < 1.29 is 14.3 Å². The van der Waals surface area contributed by atoms with Gasteiger partial charge in [0.1, 0.15) is 12.4 Å². The third kappa shape index (κ3) is 4.99. The maximum absolute atomic E-state index is 12.2. The van der Waals surface area contributed by atoms with Gasteiger partial charge in [0.15, 0.2) is 0 Å². The highest BCUT2D eigenvalue weighted by atomic mass is 16.5. The zero-order chi connectivity index (χ0) is 18.6. The number of rotatable bonds is 5. The van der Waals surface area contributed by atoms with Crippen LogP contribution in [0.2, 0.25) is 0 Å². The van der Waals surface area contributed by atoms with Crippen molar-refractivity contribution in [2.24, 2.45) is 0 Å². The van der Waals surface area contributed by atoms with Crippen molar-refractivity contribution in [1.82, 2.24) is 10.6 Å². The number of carbonyl (C=O) groups is 1. The Labute approximate surface area is 154 Å². The Bertz CT molecular complexity index is 768. The molecule has 0 spiro atoms. The summed E-state index contributed by atoms with van der Waals surface area (Å²) in [5, 5.41) is 5.88. The Morgan fingerprint density at radius 3 is 2.73 bits per heavy atom. The van der Waals surface area contributed by atoms with Gasteiger partial charge in [-0.2, -0.15) is 0 Å². The summed E-state index contributed by atoms with van der Waals surface area (Å²) in [5.41, 5.74) is 2.98. The summed E-state index contributed by atoms with van der Waals surface area (Å²) in [5.74, 6) is 0.837. The maximum Gasteiger partial charge on any atom is 0.315 e. The van der Waals surface area contributed by atoms with Gasteiger partial charge in [0, 0.05) is 12.1 Å². The van der Waals surface area contributed by atoms with Crippen molar-refractivity contribution in [2.75, 3.05) is 6.61 Å². The standard InChI is InChI=1S/C21H26N2O3/c1-21(2,3)26-13-16-8-6-7-15(11-16)12-22-20(24)23-18-14-25-19-10-5-4-9-17(18)19/h4-11,18H,12-14H2,1-3H3,(H2,22,23,24). The van der Waals surface area contributed by atoms with Crippen LogP contribution in [0, 0.1) is 0 Å². The van der Waals surface area contributed by atoms with Gasteiger partial charge in [-0.15, -0.1) is 0 Å². The van der Waals surface area contributed by atoms with Gasteiger partial charge in [0.05, 0.1) is 18.2 Å². The number of hydrogen-bond acceptors (Lipinski definition) is 3. The summed E-state index contributed by atoms with van der Waals surface area (Å²) in [7, 11) is 0. The molecule has 1 unspecified atom stereocenters. The van der Waals surface area contributed by atoms with Crippen LogP contribution in [-0.4, -0.2) is 18.2 Å². The Morgan fingerprint density at radius 2 is 1.92 bits per heavy atom. The molecule has 0 bridgehead atoms. The molecule has 1 aliphatic rings. The second kappa shape index (κ2) is 7.79. The molecule has 5 nitrogen and oxygen atoms in total. The summed E-state index contributed by atoms with van der Waals surface area (Å²) in [6.07, 6.45) is 0. The van der Waals surface area contributed by atoms with Gasteiger partial charge in [0.2, 0.25) is 0 Å². The van der Waals surface area contributed by atoms with Gasteiger partial charge >= 0.3 is 6.03 Å². The quantitative estimate of drug-likeness (QED) is 0.855. The van der Waals surface area contributed by atoms with Crippen molar-refractivity contribution >= 4 is 6.03 Å². The molecule has 2 aromatic carbocycles. The Kier molecular flexibility index (Phi) is 5.47. The molecule has 5 heteroatoms. The molecule has 1 atom stereocenters. The first-order valence-electron chi connectivity index (χ1n) is 8.88. The number of fused-ring (bicyclic) bond motifs is 1. The number of para-hydroxylation sites is 1. The molecule has 2 N–H and O–H groups in total. The van der Waals surface area contributed by atoms with Crippen LogP contribution in [0.3, 0.4) is 0 Å². The summed E-state index contributed by atoms with van der Waals surface area (Å²) in [6, 6.07) is 15.5. The minimum atomic E-state index is -0.202. The molecule has 1 heterocycles. The van der Waals surface area contributed by atoms with Gasteiger partial charge in [-0.1, -0.05) is 42.5 Å². The molecule has 1 aliphatic heterocycles. The van der Waals surface area contributed by atoms with Crippen molar-refractivity contribution in [3.05, 3.63) is 65.2 Å². The lowest BCUT2D eigenvalue weighted by Crippen LogP contribution is -2.38. The fourth-order valence-corrected chi connectivity index (χ4v) is 2.80. The van der Waals surface area contributed by atoms with E-state index in [1.807, 2.05) is 63.2 Å². The van der Waals surface area contributed by atoms with Crippen molar-refractivity contribution in [2.45, 2.75) is 45.6 Å². The largest absolute Gasteiger partial charge is 0.491 e. The molecule has 3 rings (SSSR count). The monoisotopic (exact) mass is 354 g/mol. The van der Waals surface area contributed by atoms with E-state index < -0.39 is 0 Å². The summed E-state index contributed by atoms with van der Waals surface area (Å²) >= 11 is 0. The molecule has 0 saturated carbocycles. The zero-order valence-electron chi connectivity index (χ0n) is 15.5. The third-order valence-electron chi connectivity index (χ3n) is 4.12. The third-order valence-corrected chi connectivity index (χ3v) is 4.12. The van der Waals surface area contributed by atoms with Crippen molar-refractivity contribution in [3.8, 4) is 5.75 Å². The first kappa shape index (κ1) is 18.3. The summed E-state index contributed by atoms with van der Waals surface area (Å²) < 4.78 is 11.4. The lowest BCUT2D eigenvalue weighted by Gasteiger charge is -2.19. The fraction of sp³-hybridized carbons (Fsp3) is 0.381. The molecular formula is C21H26N2O3. The topological polar surface area (TPSA) is 59.6 Å². The van der Waals surface area contributed by atoms with E-state index in [4.69, 9.17) is 9.47 Å². The Balaban J connectivity index is 1.51. The first-order chi connectivity index (χ1) is 12.4. The van der Waals surface area contributed by atoms with Crippen molar-refractivity contribution in [3.63, 3.8) is 0 Å². The van der Waals surface area contributed by atoms with Gasteiger partial charge in [-0.25, -0.2) is 4.79 Å². The van der Waals surface area contributed by atoms with E-state index in [1.54, 1.807) is 0 Å². The summed E-state index contributed by atoms with van der Waals surface area (Å²) in [6.45, 7) is 7.59. The van der Waals surface area contributed by atoms with Gasteiger partial charge < -0.3 is 20.1 Å². The number of benzene rings is 2. The van der Waals surface area contributed by atoms with Crippen LogP contribution < -0.4 is 15.4 Å². The van der Waals surface area contributed by atoms with Crippen LogP contribution in [0.5, 0.6) is 5.75 Å². The Hall–Kier alpha value is -2.53. The van der Waals surface area contributed by atoms with E-state index in [-0.39, 0.29) is 17.7 Å². The number of urea groups is 1. The van der Waals surface area contributed by atoms with E-state index >= 15 is 0 Å². The molecule has 2 aromatic rings. The van der Waals surface area contributed by atoms with Crippen LogP contribution in [0.25, 0.3) is 0 Å². The van der Waals surface area contributed by atoms with Crippen molar-refractivity contribution in [1.29, 1.82) is 0 Å². The minimum absolute atomic E-state index is 0.113. The number of carbonyl (C=O) groups excluding carboxylic acids is 1. The van der Waals surface area contributed by atoms with Gasteiger partial charge in [-0.3, -0.25) is 0 Å². The lowest BCUT2D eigenvalue weighted by molar-refractivity contribution is -0.0149. The molecule has 0 aliphatic carbocycles. The number of hydrogen-bond donors (Lipinski definition) is 2. The normalized spacial score (nSPS) is 15.9. The summed E-state index contributed by atoms with van der Waals surface area (Å²) in [4.78, 5) is 12.2. The van der Waals surface area contributed by atoms with Crippen LogP contribution in [0.1, 0.15) is 43.5 Å². The smallest absolute Gasteiger partial charge is 0.315 e.